The van der Waals surface area contributed by atoms with Crippen LogP contribution in [0.1, 0.15) is 5.56 Å². The topological polar surface area (TPSA) is 70.8 Å². The van der Waals surface area contributed by atoms with Gasteiger partial charge in [0.1, 0.15) is 0 Å². The number of nitrogens with zero attached hydrogens (tertiary/aromatic N) is 2. The largest absolute Gasteiger partial charge is 0.278 e. The number of halogens is 2. The molecule has 4 nitrogen and oxygen atoms in total. The Morgan fingerprint density at radius 3 is 2.62 bits per heavy atom. The van der Waals surface area contributed by atoms with Crippen LogP contribution in [-0.4, -0.2) is 13.4 Å². The van der Waals surface area contributed by atoms with Gasteiger partial charge >= 0.3 is 0 Å². The van der Waals surface area contributed by atoms with Crippen molar-refractivity contribution in [1.29, 1.82) is 5.26 Å². The minimum absolute atomic E-state index is 0.147. The maximum absolute atomic E-state index is 12.6. The first-order chi connectivity index (χ1) is 5.93. The molecule has 0 unspecified atom stereocenters. The predicted molar refractivity (Wildman–Crippen MR) is 41.9 cm³/mol. The van der Waals surface area contributed by atoms with E-state index in [0.29, 0.717) is 0 Å². The minimum atomic E-state index is -4.09. The summed E-state index contributed by atoms with van der Waals surface area (Å²) in [5.74, 6) is -1.06. The number of rotatable bonds is 1. The van der Waals surface area contributed by atoms with E-state index in [0.717, 1.165) is 12.1 Å². The first-order valence-electron chi connectivity index (χ1n) is 2.96. The Labute approximate surface area is 78.0 Å². The number of hydrogen-bond acceptors (Lipinski definition) is 4. The van der Waals surface area contributed by atoms with Crippen LogP contribution in [0.15, 0.2) is 17.2 Å². The minimum Gasteiger partial charge on any atom is -0.207 e. The number of aromatic nitrogens is 1. The zero-order valence-electron chi connectivity index (χ0n) is 6.03. The Morgan fingerprint density at radius 2 is 2.15 bits per heavy atom. The summed E-state index contributed by atoms with van der Waals surface area (Å²) in [6.45, 7) is 0. The van der Waals surface area contributed by atoms with E-state index in [1.54, 1.807) is 6.07 Å². The van der Waals surface area contributed by atoms with Crippen molar-refractivity contribution in [3.63, 3.8) is 0 Å². The smallest absolute Gasteiger partial charge is 0.207 e. The predicted octanol–water partition coefficient (Wildman–Crippen LogP) is 1.02. The molecule has 1 aromatic heterocycles. The summed E-state index contributed by atoms with van der Waals surface area (Å²) >= 11 is 0. The van der Waals surface area contributed by atoms with Gasteiger partial charge in [-0.25, -0.2) is 13.4 Å². The van der Waals surface area contributed by atoms with Gasteiger partial charge in [0, 0.05) is 16.7 Å². The summed E-state index contributed by atoms with van der Waals surface area (Å²) < 4.78 is 33.9. The molecule has 0 atom stereocenters. The molecule has 0 saturated carbocycles. The fourth-order valence-electron chi connectivity index (χ4n) is 0.662. The third-order valence-corrected chi connectivity index (χ3v) is 2.33. The van der Waals surface area contributed by atoms with E-state index in [2.05, 4.69) is 4.98 Å². The standard InChI is InChI=1S/C6H2ClFN2O2S/c7-13(11,12)6-2-4(3-9)1-5(8)10-6/h1-2H. The lowest BCUT2D eigenvalue weighted by Crippen LogP contribution is -1.98. The Hall–Kier alpha value is -1.19. The van der Waals surface area contributed by atoms with Crippen molar-refractivity contribution in [2.45, 2.75) is 5.03 Å². The molecule has 0 aliphatic heterocycles. The van der Waals surface area contributed by atoms with Gasteiger partial charge in [0.05, 0.1) is 11.6 Å². The lowest BCUT2D eigenvalue weighted by molar-refractivity contribution is 0.561. The normalized spacial score (nSPS) is 10.8. The van der Waals surface area contributed by atoms with Gasteiger partial charge in [0.15, 0.2) is 5.03 Å². The molecule has 0 aliphatic rings. The maximum atomic E-state index is 12.6. The average Bonchev–Trinajstić information content (AvgIpc) is 2.01. The summed E-state index contributed by atoms with van der Waals surface area (Å²) in [7, 11) is 0.805. The molecular formula is C6H2ClFN2O2S. The molecule has 0 radical (unpaired) electrons. The lowest BCUT2D eigenvalue weighted by atomic mass is 10.3. The third kappa shape index (κ3) is 2.37. The van der Waals surface area contributed by atoms with E-state index in [1.165, 1.54) is 0 Å². The van der Waals surface area contributed by atoms with Crippen LogP contribution in [0.25, 0.3) is 0 Å². The fraction of sp³-hybridized carbons (Fsp3) is 0. The Kier molecular flexibility index (Phi) is 2.50. The van der Waals surface area contributed by atoms with Gasteiger partial charge in [0.2, 0.25) is 5.95 Å². The van der Waals surface area contributed by atoms with Gasteiger partial charge < -0.3 is 0 Å². The van der Waals surface area contributed by atoms with E-state index in [1.807, 2.05) is 0 Å². The van der Waals surface area contributed by atoms with Crippen molar-refractivity contribution in [3.8, 4) is 6.07 Å². The number of pyridine rings is 1. The highest BCUT2D eigenvalue weighted by Gasteiger charge is 2.14. The van der Waals surface area contributed by atoms with Crippen molar-refractivity contribution in [2.24, 2.45) is 0 Å². The molecule has 0 amide bonds. The van der Waals surface area contributed by atoms with E-state index in [4.69, 9.17) is 15.9 Å². The first kappa shape index (κ1) is 9.89. The highest BCUT2D eigenvalue weighted by molar-refractivity contribution is 8.13. The molecule has 0 aromatic carbocycles. The summed E-state index contributed by atoms with van der Waals surface area (Å²) in [5, 5.41) is 7.71. The van der Waals surface area contributed by atoms with Crippen LogP contribution in [-0.2, 0) is 9.05 Å². The Balaban J connectivity index is 3.44. The molecule has 0 fully saturated rings. The molecule has 7 heteroatoms. The summed E-state index contributed by atoms with van der Waals surface area (Å²) in [6.07, 6.45) is 0. The molecular weight excluding hydrogens is 219 g/mol. The highest BCUT2D eigenvalue weighted by atomic mass is 35.7. The van der Waals surface area contributed by atoms with Crippen LogP contribution in [0.3, 0.4) is 0 Å². The van der Waals surface area contributed by atoms with Crippen LogP contribution < -0.4 is 0 Å². The average molecular weight is 221 g/mol. The zero-order chi connectivity index (χ0) is 10.1. The van der Waals surface area contributed by atoms with E-state index in [-0.39, 0.29) is 5.56 Å². The molecule has 0 bridgehead atoms. The van der Waals surface area contributed by atoms with Crippen molar-refractivity contribution >= 4 is 19.7 Å². The molecule has 0 aliphatic carbocycles. The van der Waals surface area contributed by atoms with Crippen molar-refractivity contribution in [2.75, 3.05) is 0 Å². The molecule has 1 aromatic rings. The zero-order valence-corrected chi connectivity index (χ0v) is 7.60. The van der Waals surface area contributed by atoms with E-state index < -0.39 is 20.0 Å². The fourth-order valence-corrected chi connectivity index (χ4v) is 1.36. The first-order valence-corrected chi connectivity index (χ1v) is 5.27. The lowest BCUT2D eigenvalue weighted by Gasteiger charge is -1.95. The SMILES string of the molecule is N#Cc1cc(F)nc(S(=O)(=O)Cl)c1. The van der Waals surface area contributed by atoms with Gasteiger partial charge in [-0.1, -0.05) is 0 Å². The van der Waals surface area contributed by atoms with Gasteiger partial charge in [-0.15, -0.1) is 0 Å². The molecule has 0 saturated heterocycles. The van der Waals surface area contributed by atoms with E-state index >= 15 is 0 Å². The molecule has 0 N–H and O–H groups in total. The number of hydrogen-bond donors (Lipinski definition) is 0. The van der Waals surface area contributed by atoms with Gasteiger partial charge in [-0.2, -0.15) is 9.65 Å². The van der Waals surface area contributed by atoms with Crippen molar-refractivity contribution in [3.05, 3.63) is 23.6 Å². The monoisotopic (exact) mass is 220 g/mol. The van der Waals surface area contributed by atoms with E-state index in [9.17, 15) is 12.8 Å². The van der Waals surface area contributed by atoms with Crippen LogP contribution in [0.4, 0.5) is 4.39 Å². The third-order valence-electron chi connectivity index (χ3n) is 1.15. The second-order valence-electron chi connectivity index (χ2n) is 2.07. The van der Waals surface area contributed by atoms with Crippen LogP contribution >= 0.6 is 10.7 Å². The summed E-state index contributed by atoms with van der Waals surface area (Å²) in [6, 6.07) is 3.28. The second kappa shape index (κ2) is 3.28. The van der Waals surface area contributed by atoms with Gasteiger partial charge in [0.25, 0.3) is 9.05 Å². The molecule has 1 rings (SSSR count). The Morgan fingerprint density at radius 1 is 1.54 bits per heavy atom. The second-order valence-corrected chi connectivity index (χ2v) is 4.58. The molecule has 68 valence electrons. The summed E-state index contributed by atoms with van der Waals surface area (Å²) in [5.41, 5.74) is -0.147. The van der Waals surface area contributed by atoms with Crippen LogP contribution in [0.5, 0.6) is 0 Å². The van der Waals surface area contributed by atoms with Crippen LogP contribution in [0, 0.1) is 17.3 Å². The molecule has 13 heavy (non-hydrogen) atoms. The molecule has 0 spiro atoms. The summed E-state index contributed by atoms with van der Waals surface area (Å²) in [4.78, 5) is 3.02. The highest BCUT2D eigenvalue weighted by Crippen LogP contribution is 2.14. The molecule has 1 heterocycles. The van der Waals surface area contributed by atoms with Crippen LogP contribution in [0.2, 0.25) is 0 Å². The quantitative estimate of drug-likeness (QED) is 0.523. The van der Waals surface area contributed by atoms with Gasteiger partial charge in [-0.05, 0) is 6.07 Å². The van der Waals surface area contributed by atoms with Gasteiger partial charge in [-0.3, -0.25) is 0 Å². The van der Waals surface area contributed by atoms with Crippen molar-refractivity contribution < 1.29 is 12.8 Å². The van der Waals surface area contributed by atoms with Crippen molar-refractivity contribution in [1.82, 2.24) is 4.98 Å². The number of nitriles is 1. The Bertz CT molecular complexity index is 480. The maximum Gasteiger partial charge on any atom is 0.278 e.